The maximum atomic E-state index is 12.6. The molecule has 0 spiro atoms. The van der Waals surface area contributed by atoms with Gasteiger partial charge in [-0.1, -0.05) is 45.5 Å². The summed E-state index contributed by atoms with van der Waals surface area (Å²) in [6.07, 6.45) is 3.97. The van der Waals surface area contributed by atoms with Crippen LogP contribution in [0.3, 0.4) is 0 Å². The second-order valence-electron chi connectivity index (χ2n) is 13.3. The Morgan fingerprint density at radius 3 is 2.45 bits per heavy atom. The number of nitrogens with zero attached hydrogens (tertiary/aromatic N) is 5. The third-order valence-electron chi connectivity index (χ3n) is 7.90. The third-order valence-corrected chi connectivity index (χ3v) is 12.9. The molecule has 2 atom stereocenters. The highest BCUT2D eigenvalue weighted by Gasteiger charge is 2.51. The van der Waals surface area contributed by atoms with Gasteiger partial charge in [-0.05, 0) is 63.7 Å². The lowest BCUT2D eigenvalue weighted by atomic mass is 9.79. The molecule has 0 saturated heterocycles. The zero-order valence-corrected chi connectivity index (χ0v) is 27.8. The van der Waals surface area contributed by atoms with Gasteiger partial charge in [-0.15, -0.1) is 0 Å². The minimum absolute atomic E-state index is 0.00865. The minimum Gasteiger partial charge on any atom is -0.444 e. The normalized spacial score (nSPS) is 19.5. The van der Waals surface area contributed by atoms with Gasteiger partial charge in [0.2, 0.25) is 0 Å². The Bertz CT molecular complexity index is 1200. The molecule has 222 valence electrons. The van der Waals surface area contributed by atoms with Crippen LogP contribution in [0.4, 0.5) is 16.4 Å². The van der Waals surface area contributed by atoms with Gasteiger partial charge in [0.05, 0.1) is 18.3 Å². The van der Waals surface area contributed by atoms with Gasteiger partial charge in [0.15, 0.2) is 13.5 Å². The Kier molecular flexibility index (Phi) is 9.65. The van der Waals surface area contributed by atoms with Gasteiger partial charge in [0.1, 0.15) is 17.2 Å². The second kappa shape index (κ2) is 12.0. The van der Waals surface area contributed by atoms with Crippen molar-refractivity contribution in [2.45, 2.75) is 102 Å². The fourth-order valence-electron chi connectivity index (χ4n) is 4.55. The summed E-state index contributed by atoms with van der Waals surface area (Å²) < 4.78 is 12.3. The van der Waals surface area contributed by atoms with Gasteiger partial charge in [-0.3, -0.25) is 0 Å². The van der Waals surface area contributed by atoms with Crippen molar-refractivity contribution in [1.29, 1.82) is 0 Å². The van der Waals surface area contributed by atoms with Crippen molar-refractivity contribution < 1.29 is 19.1 Å². The number of thioether (sulfide) groups is 1. The van der Waals surface area contributed by atoms with Crippen molar-refractivity contribution in [2.24, 2.45) is 0 Å². The Morgan fingerprint density at radius 2 is 1.88 bits per heavy atom. The van der Waals surface area contributed by atoms with Crippen molar-refractivity contribution >= 4 is 37.8 Å². The maximum absolute atomic E-state index is 12.6. The predicted molar refractivity (Wildman–Crippen MR) is 164 cm³/mol. The van der Waals surface area contributed by atoms with Crippen LogP contribution >= 0.6 is 11.8 Å². The molecule has 0 fully saturated rings. The number of amides is 1. The first-order chi connectivity index (χ1) is 18.4. The topological polar surface area (TPSA) is 101 Å². The van der Waals surface area contributed by atoms with Gasteiger partial charge in [0.25, 0.3) is 0 Å². The second-order valence-corrected chi connectivity index (χ2v) is 18.9. The van der Waals surface area contributed by atoms with Crippen molar-refractivity contribution in [2.75, 3.05) is 31.4 Å². The number of fused-ring (bicyclic) bond motifs is 1. The van der Waals surface area contributed by atoms with Gasteiger partial charge >= 0.3 is 6.09 Å². The monoisotopic (exact) mass is 589 g/mol. The number of carbonyl (C=O) groups excluding carboxylic acids is 1. The first-order valence-electron chi connectivity index (χ1n) is 13.8. The van der Waals surface area contributed by atoms with Crippen molar-refractivity contribution in [3.63, 3.8) is 0 Å². The van der Waals surface area contributed by atoms with Crippen LogP contribution in [0.2, 0.25) is 18.1 Å². The summed E-state index contributed by atoms with van der Waals surface area (Å²) >= 11 is 1.49. The summed E-state index contributed by atoms with van der Waals surface area (Å²) in [6, 6.07) is 5.63. The number of aliphatic hydroxyl groups is 1. The first kappa shape index (κ1) is 32.3. The molecule has 0 aromatic carbocycles. The van der Waals surface area contributed by atoms with E-state index in [1.54, 1.807) is 7.05 Å². The van der Waals surface area contributed by atoms with E-state index in [0.717, 1.165) is 17.1 Å². The van der Waals surface area contributed by atoms with Crippen LogP contribution < -0.4 is 4.90 Å². The number of aliphatic hydroxyl groups excluding tert-OH is 1. The highest BCUT2D eigenvalue weighted by molar-refractivity contribution is 7.98. The van der Waals surface area contributed by atoms with Crippen molar-refractivity contribution in [3.8, 4) is 0 Å². The molecule has 0 radical (unpaired) electrons. The Balaban J connectivity index is 2.04. The van der Waals surface area contributed by atoms with Crippen LogP contribution in [-0.2, 0) is 21.1 Å². The lowest BCUT2D eigenvalue weighted by molar-refractivity contribution is 0.0283. The van der Waals surface area contributed by atoms with Gasteiger partial charge in [0, 0.05) is 37.4 Å². The lowest BCUT2D eigenvalue weighted by Crippen LogP contribution is -2.49. The van der Waals surface area contributed by atoms with Crippen LogP contribution in [0.25, 0.3) is 0 Å². The molecule has 1 amide bonds. The molecule has 11 heteroatoms. The van der Waals surface area contributed by atoms with E-state index in [-0.39, 0.29) is 17.7 Å². The number of pyridine rings is 1. The van der Waals surface area contributed by atoms with E-state index in [4.69, 9.17) is 19.1 Å². The van der Waals surface area contributed by atoms with E-state index >= 15 is 0 Å². The number of hydrogen-bond donors (Lipinski definition) is 1. The number of anilines is 2. The predicted octanol–water partition coefficient (Wildman–Crippen LogP) is 6.14. The maximum Gasteiger partial charge on any atom is 0.410 e. The van der Waals surface area contributed by atoms with Crippen LogP contribution in [0.1, 0.15) is 66.1 Å². The standard InChI is InChI=1S/C29H47N5O4SSi/c1-27(2,3)38-26(36)33(8)18-20-13-12-14-23(31-20)34-22(15-16-35)29(7,19-37-40(10,11)28(4,5)6)21-17-30-25(39-9)32-24(21)34/h12-14,17,22,35H,15-16,18-19H2,1-11H3/t22-,29-/m1/s1. The zero-order valence-electron chi connectivity index (χ0n) is 26.0. The smallest absolute Gasteiger partial charge is 0.410 e. The quantitative estimate of drug-likeness (QED) is 0.210. The zero-order chi connectivity index (χ0) is 30.1. The Hall–Kier alpha value is -2.21. The molecule has 0 aliphatic carbocycles. The summed E-state index contributed by atoms with van der Waals surface area (Å²) in [5, 5.41) is 10.9. The molecular formula is C29H47N5O4SSi. The molecule has 1 aliphatic heterocycles. The van der Waals surface area contributed by atoms with E-state index in [0.29, 0.717) is 30.5 Å². The van der Waals surface area contributed by atoms with Crippen LogP contribution in [-0.4, -0.2) is 77.5 Å². The fourth-order valence-corrected chi connectivity index (χ4v) is 5.98. The molecule has 0 unspecified atom stereocenters. The van der Waals surface area contributed by atoms with Gasteiger partial charge in [-0.2, -0.15) is 0 Å². The van der Waals surface area contributed by atoms with Gasteiger partial charge < -0.3 is 24.1 Å². The van der Waals surface area contributed by atoms with E-state index in [9.17, 15) is 9.90 Å². The van der Waals surface area contributed by atoms with E-state index in [1.807, 2.05) is 51.4 Å². The average molecular weight is 590 g/mol. The largest absolute Gasteiger partial charge is 0.444 e. The average Bonchev–Trinajstić information content (AvgIpc) is 3.09. The molecule has 1 aliphatic rings. The lowest BCUT2D eigenvalue weighted by Gasteiger charge is -2.41. The summed E-state index contributed by atoms with van der Waals surface area (Å²) in [6.45, 7) is 19.7. The first-order valence-corrected chi connectivity index (χ1v) is 17.9. The summed E-state index contributed by atoms with van der Waals surface area (Å²) in [5.41, 5.74) is 0.652. The highest BCUT2D eigenvalue weighted by Crippen LogP contribution is 2.50. The molecule has 2 aromatic rings. The Morgan fingerprint density at radius 1 is 1.20 bits per heavy atom. The van der Waals surface area contributed by atoms with Crippen molar-refractivity contribution in [3.05, 3.63) is 35.7 Å². The number of ether oxygens (including phenoxy) is 1. The molecule has 0 saturated carbocycles. The number of carbonyl (C=O) groups is 1. The van der Waals surface area contributed by atoms with E-state index in [2.05, 4.69) is 50.7 Å². The molecule has 40 heavy (non-hydrogen) atoms. The molecular weight excluding hydrogens is 543 g/mol. The fraction of sp³-hybridized carbons (Fsp3) is 0.655. The third kappa shape index (κ3) is 6.98. The van der Waals surface area contributed by atoms with E-state index in [1.165, 1.54) is 16.7 Å². The molecule has 3 rings (SSSR count). The van der Waals surface area contributed by atoms with Crippen molar-refractivity contribution in [1.82, 2.24) is 19.9 Å². The number of hydrogen-bond acceptors (Lipinski definition) is 9. The van der Waals surface area contributed by atoms with Crippen LogP contribution in [0, 0.1) is 0 Å². The molecule has 1 N–H and O–H groups in total. The van der Waals surface area contributed by atoms with Gasteiger partial charge in [-0.25, -0.2) is 19.7 Å². The van der Waals surface area contributed by atoms with Crippen LogP contribution in [0.5, 0.6) is 0 Å². The van der Waals surface area contributed by atoms with E-state index < -0.39 is 25.4 Å². The SMILES string of the molecule is CSc1ncc2c(n1)N(c1cccc(CN(C)C(=O)OC(C)(C)C)n1)[C@H](CCO)[C@]2(C)CO[Si](C)(C)C(C)(C)C. The van der Waals surface area contributed by atoms with Crippen LogP contribution in [0.15, 0.2) is 29.6 Å². The minimum atomic E-state index is -2.06. The highest BCUT2D eigenvalue weighted by atomic mass is 32.2. The number of rotatable bonds is 9. The number of aromatic nitrogens is 3. The molecule has 3 heterocycles. The summed E-state index contributed by atoms with van der Waals surface area (Å²) in [7, 11) is -0.355. The molecule has 9 nitrogen and oxygen atoms in total. The summed E-state index contributed by atoms with van der Waals surface area (Å²) in [5.74, 6) is 1.49. The molecule has 0 bridgehead atoms. The molecule has 2 aromatic heterocycles. The summed E-state index contributed by atoms with van der Waals surface area (Å²) in [4.78, 5) is 30.8. The Labute approximate surface area is 245 Å².